The fourth-order valence-corrected chi connectivity index (χ4v) is 3.13. The minimum Gasteiger partial charge on any atom is -0.394 e. The van der Waals surface area contributed by atoms with E-state index in [1.165, 1.54) is 38.6 Å². The molecule has 1 heterocycles. The second-order valence-electron chi connectivity index (χ2n) is 4.77. The Bertz CT molecular complexity index is 186. The maximum absolute atomic E-state index is 8.61. The Kier molecular flexibility index (Phi) is 4.42. The van der Waals surface area contributed by atoms with Gasteiger partial charge < -0.3 is 9.84 Å². The summed E-state index contributed by atoms with van der Waals surface area (Å²) in [6.45, 7) is 3.73. The van der Waals surface area contributed by atoms with Crippen LogP contribution in [0, 0.1) is 5.92 Å². The summed E-state index contributed by atoms with van der Waals surface area (Å²) in [6, 6.07) is 0.844. The third-order valence-corrected chi connectivity index (χ3v) is 3.88. The second kappa shape index (κ2) is 5.83. The molecule has 1 aliphatic carbocycles. The van der Waals surface area contributed by atoms with Gasteiger partial charge in [0.1, 0.15) is 0 Å². The molecule has 15 heavy (non-hydrogen) atoms. The van der Waals surface area contributed by atoms with Crippen molar-refractivity contribution in [3.05, 3.63) is 0 Å². The summed E-state index contributed by atoms with van der Waals surface area (Å²) >= 11 is 0. The fraction of sp³-hybridized carbons (Fsp3) is 1.00. The van der Waals surface area contributed by atoms with E-state index in [9.17, 15) is 0 Å². The van der Waals surface area contributed by atoms with Crippen LogP contribution >= 0.6 is 0 Å². The summed E-state index contributed by atoms with van der Waals surface area (Å²) in [7, 11) is 0. The van der Waals surface area contributed by atoms with Crippen molar-refractivity contribution in [1.82, 2.24) is 4.90 Å². The summed E-state index contributed by atoms with van der Waals surface area (Å²) in [5.41, 5.74) is 0. The number of ether oxygens (including phenoxy) is 1. The van der Waals surface area contributed by atoms with Gasteiger partial charge in [-0.25, -0.2) is 0 Å². The Morgan fingerprint density at radius 2 is 2.00 bits per heavy atom. The number of aliphatic hydroxyl groups is 1. The minimum absolute atomic E-state index is 0.145. The van der Waals surface area contributed by atoms with Gasteiger partial charge in [-0.05, 0) is 31.7 Å². The molecule has 0 radical (unpaired) electrons. The first kappa shape index (κ1) is 11.4. The number of aliphatic hydroxyl groups excluding tert-OH is 1. The zero-order chi connectivity index (χ0) is 10.5. The minimum atomic E-state index is 0.145. The zero-order valence-corrected chi connectivity index (χ0v) is 9.53. The molecular weight excluding hydrogens is 190 g/mol. The van der Waals surface area contributed by atoms with Gasteiger partial charge >= 0.3 is 0 Å². The molecule has 2 unspecified atom stereocenters. The van der Waals surface area contributed by atoms with E-state index in [0.717, 1.165) is 25.1 Å². The van der Waals surface area contributed by atoms with Crippen LogP contribution in [-0.2, 0) is 4.74 Å². The van der Waals surface area contributed by atoms with Gasteiger partial charge in [0.15, 0.2) is 0 Å². The van der Waals surface area contributed by atoms with E-state index in [-0.39, 0.29) is 6.61 Å². The van der Waals surface area contributed by atoms with Crippen molar-refractivity contribution in [3.63, 3.8) is 0 Å². The van der Waals surface area contributed by atoms with Crippen molar-refractivity contribution >= 4 is 0 Å². The van der Waals surface area contributed by atoms with Crippen LogP contribution in [0.15, 0.2) is 0 Å². The summed E-state index contributed by atoms with van der Waals surface area (Å²) in [5, 5.41) is 8.61. The van der Waals surface area contributed by atoms with Gasteiger partial charge in [0.2, 0.25) is 0 Å². The molecule has 3 nitrogen and oxygen atoms in total. The van der Waals surface area contributed by atoms with Crippen molar-refractivity contribution in [3.8, 4) is 0 Å². The van der Waals surface area contributed by atoms with Crippen LogP contribution in [0.1, 0.15) is 32.1 Å². The topological polar surface area (TPSA) is 32.7 Å². The Hall–Kier alpha value is -0.120. The lowest BCUT2D eigenvalue weighted by Gasteiger charge is -2.31. The highest BCUT2D eigenvalue weighted by Crippen LogP contribution is 2.35. The van der Waals surface area contributed by atoms with Gasteiger partial charge in [0, 0.05) is 12.6 Å². The molecule has 3 heteroatoms. The van der Waals surface area contributed by atoms with Crippen molar-refractivity contribution < 1.29 is 9.84 Å². The summed E-state index contributed by atoms with van der Waals surface area (Å²) in [5.74, 6) is 0.969. The maximum Gasteiger partial charge on any atom is 0.0698 e. The molecule has 0 amide bonds. The third kappa shape index (κ3) is 2.92. The van der Waals surface area contributed by atoms with Crippen LogP contribution < -0.4 is 0 Å². The summed E-state index contributed by atoms with van der Waals surface area (Å²) in [6.07, 6.45) is 7.08. The Morgan fingerprint density at radius 3 is 2.87 bits per heavy atom. The number of hydrogen-bond donors (Lipinski definition) is 1. The summed E-state index contributed by atoms with van der Waals surface area (Å²) < 4.78 is 5.33. The molecule has 1 saturated heterocycles. The molecule has 2 fully saturated rings. The van der Waals surface area contributed by atoms with Crippen molar-refractivity contribution in [1.29, 1.82) is 0 Å². The quantitative estimate of drug-likeness (QED) is 0.698. The highest BCUT2D eigenvalue weighted by molar-refractivity contribution is 4.89. The SMILES string of the molecule is OCCOCCN1CCC2CCCCC21. The molecule has 1 N–H and O–H groups in total. The van der Waals surface area contributed by atoms with Crippen LogP contribution in [0.4, 0.5) is 0 Å². The second-order valence-corrected chi connectivity index (χ2v) is 4.77. The van der Waals surface area contributed by atoms with Crippen LogP contribution in [0.5, 0.6) is 0 Å². The first-order valence-electron chi connectivity index (χ1n) is 6.34. The molecule has 2 aliphatic rings. The van der Waals surface area contributed by atoms with Crippen LogP contribution in [0.3, 0.4) is 0 Å². The van der Waals surface area contributed by atoms with Gasteiger partial charge in [-0.3, -0.25) is 4.90 Å². The molecule has 0 spiro atoms. The average Bonchev–Trinajstić information content (AvgIpc) is 2.68. The molecule has 1 saturated carbocycles. The van der Waals surface area contributed by atoms with E-state index in [0.29, 0.717) is 6.61 Å². The highest BCUT2D eigenvalue weighted by atomic mass is 16.5. The first-order chi connectivity index (χ1) is 7.42. The maximum atomic E-state index is 8.61. The number of hydrogen-bond acceptors (Lipinski definition) is 3. The van der Waals surface area contributed by atoms with E-state index in [1.54, 1.807) is 0 Å². The number of rotatable bonds is 5. The zero-order valence-electron chi connectivity index (χ0n) is 9.53. The van der Waals surface area contributed by atoms with E-state index in [4.69, 9.17) is 9.84 Å². The first-order valence-corrected chi connectivity index (χ1v) is 6.34. The lowest BCUT2D eigenvalue weighted by molar-refractivity contribution is 0.0648. The van der Waals surface area contributed by atoms with Crippen LogP contribution in [-0.4, -0.2) is 49.0 Å². The lowest BCUT2D eigenvalue weighted by atomic mass is 9.85. The highest BCUT2D eigenvalue weighted by Gasteiger charge is 2.34. The van der Waals surface area contributed by atoms with Gasteiger partial charge in [-0.15, -0.1) is 0 Å². The molecule has 0 aromatic carbocycles. The van der Waals surface area contributed by atoms with Gasteiger partial charge in [0.25, 0.3) is 0 Å². The number of nitrogens with zero attached hydrogens (tertiary/aromatic N) is 1. The Labute approximate surface area is 92.4 Å². The molecule has 88 valence electrons. The average molecular weight is 213 g/mol. The van der Waals surface area contributed by atoms with Gasteiger partial charge in [0.05, 0.1) is 19.8 Å². The molecule has 2 rings (SSSR count). The monoisotopic (exact) mass is 213 g/mol. The van der Waals surface area contributed by atoms with Crippen LogP contribution in [0.25, 0.3) is 0 Å². The standard InChI is InChI=1S/C12H23NO2/c14-8-10-15-9-7-13-6-5-11-3-1-2-4-12(11)13/h11-12,14H,1-10H2. The van der Waals surface area contributed by atoms with E-state index < -0.39 is 0 Å². The van der Waals surface area contributed by atoms with E-state index in [1.807, 2.05) is 0 Å². The largest absolute Gasteiger partial charge is 0.394 e. The molecular formula is C12H23NO2. The van der Waals surface area contributed by atoms with Crippen molar-refractivity contribution in [2.75, 3.05) is 32.9 Å². The normalized spacial score (nSPS) is 31.8. The fourth-order valence-electron chi connectivity index (χ4n) is 3.13. The van der Waals surface area contributed by atoms with E-state index >= 15 is 0 Å². The molecule has 0 bridgehead atoms. The molecule has 0 aromatic heterocycles. The Morgan fingerprint density at radius 1 is 1.13 bits per heavy atom. The summed E-state index contributed by atoms with van der Waals surface area (Å²) in [4.78, 5) is 2.60. The van der Waals surface area contributed by atoms with E-state index in [2.05, 4.69) is 4.90 Å². The molecule has 2 atom stereocenters. The molecule has 1 aliphatic heterocycles. The smallest absolute Gasteiger partial charge is 0.0698 e. The van der Waals surface area contributed by atoms with Gasteiger partial charge in [-0.1, -0.05) is 12.8 Å². The number of likely N-dealkylation sites (tertiary alicyclic amines) is 1. The molecule has 0 aromatic rings. The number of fused-ring (bicyclic) bond motifs is 1. The predicted molar refractivity (Wildman–Crippen MR) is 59.8 cm³/mol. The van der Waals surface area contributed by atoms with Crippen molar-refractivity contribution in [2.45, 2.75) is 38.1 Å². The third-order valence-electron chi connectivity index (χ3n) is 3.88. The Balaban J connectivity index is 1.69. The predicted octanol–water partition coefficient (Wildman–Crippen LogP) is 1.26. The van der Waals surface area contributed by atoms with Crippen molar-refractivity contribution in [2.24, 2.45) is 5.92 Å². The van der Waals surface area contributed by atoms with Gasteiger partial charge in [-0.2, -0.15) is 0 Å². The lowest BCUT2D eigenvalue weighted by Crippen LogP contribution is -2.36. The van der Waals surface area contributed by atoms with Crippen LogP contribution in [0.2, 0.25) is 0 Å².